The lowest BCUT2D eigenvalue weighted by Crippen LogP contribution is -2.46. The summed E-state index contributed by atoms with van der Waals surface area (Å²) < 4.78 is 36.2. The number of methoxy groups -OCH3 is 3. The summed E-state index contributed by atoms with van der Waals surface area (Å²) >= 11 is 0. The number of hydrogen-bond acceptors (Lipinski definition) is 15. The Kier molecular flexibility index (Phi) is 15.8. The van der Waals surface area contributed by atoms with Gasteiger partial charge >= 0.3 is 6.09 Å². The van der Waals surface area contributed by atoms with Gasteiger partial charge in [0.1, 0.15) is 29.1 Å². The number of aromatic nitrogens is 6. The molecule has 8 heterocycles. The van der Waals surface area contributed by atoms with Crippen LogP contribution in [0.5, 0.6) is 17.2 Å². The SMILES string of the molecule is COc1cnc2ccc(=O)n(CC3OCCO3)c2c1.COc1cnc2ccc(=O)n(CC=O)c2c1.COc1cnc2ccc(=O)n(CCN3CCC(NC(=O)OC(C)(C)C)CC3)c2c1. The summed E-state index contributed by atoms with van der Waals surface area (Å²) in [5.41, 5.74) is 3.37. The topological polar surface area (TPSA) is 209 Å². The third kappa shape index (κ3) is 12.3. The number of aldehydes is 1. The highest BCUT2D eigenvalue weighted by Crippen LogP contribution is 2.20. The predicted molar refractivity (Wildman–Crippen MR) is 238 cm³/mol. The van der Waals surface area contributed by atoms with E-state index in [2.05, 4.69) is 25.2 Å². The molecular weight excluding hydrogens is 829 g/mol. The number of fused-ring (bicyclic) bond motifs is 3. The molecule has 0 saturated carbocycles. The van der Waals surface area contributed by atoms with Gasteiger partial charge in [-0.3, -0.25) is 33.9 Å². The Labute approximate surface area is 368 Å². The number of piperidine rings is 1. The fourth-order valence-electron chi connectivity index (χ4n) is 7.14. The number of nitrogens with one attached hydrogen (secondary N) is 1. The Balaban J connectivity index is 0.000000168. The van der Waals surface area contributed by atoms with E-state index in [-0.39, 0.29) is 41.6 Å². The normalized spacial score (nSPS) is 14.6. The molecule has 2 aliphatic heterocycles. The molecule has 6 aromatic rings. The van der Waals surface area contributed by atoms with E-state index in [1.54, 1.807) is 78.3 Å². The van der Waals surface area contributed by atoms with E-state index in [0.29, 0.717) is 66.4 Å². The summed E-state index contributed by atoms with van der Waals surface area (Å²) in [6.45, 7) is 10.1. The molecule has 6 aromatic heterocycles. The first-order valence-electron chi connectivity index (χ1n) is 20.8. The van der Waals surface area contributed by atoms with Crippen molar-refractivity contribution in [2.75, 3.05) is 54.2 Å². The van der Waals surface area contributed by atoms with Crippen LogP contribution in [0.1, 0.15) is 33.6 Å². The minimum absolute atomic E-state index is 0.0189. The standard InChI is InChI=1S/C21H30N4O4.C13H14N2O4.C11H10N2O3/c1-21(2,3)29-20(27)23-15-7-9-24(10-8-15)11-12-25-18-13-16(28-4)14-22-17(18)5-6-19(25)26;1-17-9-6-11-10(14-7-9)2-3-12(16)15(11)8-13-18-4-5-19-13;1-16-8-6-10-9(12-7-8)2-3-11(15)13(10)4-5-14/h5-6,13-15H,7-12H2,1-4H3,(H,23,27);2-3,6-7,13H,4-5,8H2,1H3;2-3,5-7H,4H2,1H3. The van der Waals surface area contributed by atoms with Crippen molar-refractivity contribution < 1.29 is 38.0 Å². The van der Waals surface area contributed by atoms with Gasteiger partial charge in [0.15, 0.2) is 6.29 Å². The number of rotatable bonds is 11. The third-order valence-corrected chi connectivity index (χ3v) is 10.4. The molecule has 8 rings (SSSR count). The Hall–Kier alpha value is -6.70. The summed E-state index contributed by atoms with van der Waals surface area (Å²) in [7, 11) is 4.68. The molecule has 0 radical (unpaired) electrons. The number of amides is 1. The molecule has 2 aliphatic rings. The van der Waals surface area contributed by atoms with Gasteiger partial charge in [-0.15, -0.1) is 0 Å². The van der Waals surface area contributed by atoms with E-state index in [9.17, 15) is 24.0 Å². The fourth-order valence-corrected chi connectivity index (χ4v) is 7.14. The highest BCUT2D eigenvalue weighted by atomic mass is 16.7. The molecule has 0 aromatic carbocycles. The van der Waals surface area contributed by atoms with Gasteiger partial charge < -0.3 is 52.6 Å². The van der Waals surface area contributed by atoms with Crippen LogP contribution in [0, 0.1) is 0 Å². The lowest BCUT2D eigenvalue weighted by molar-refractivity contribution is -0.108. The van der Waals surface area contributed by atoms with Crippen molar-refractivity contribution in [1.29, 1.82) is 0 Å². The fraction of sp³-hybridized carbons (Fsp3) is 0.422. The lowest BCUT2D eigenvalue weighted by atomic mass is 10.1. The van der Waals surface area contributed by atoms with Crippen LogP contribution >= 0.6 is 0 Å². The molecule has 1 amide bonds. The van der Waals surface area contributed by atoms with Crippen molar-refractivity contribution in [3.63, 3.8) is 0 Å². The van der Waals surface area contributed by atoms with Crippen LogP contribution < -0.4 is 36.2 Å². The highest BCUT2D eigenvalue weighted by molar-refractivity contribution is 5.77. The average molecular weight is 883 g/mol. The van der Waals surface area contributed by atoms with E-state index < -0.39 is 5.60 Å². The second kappa shape index (κ2) is 21.6. The first kappa shape index (κ1) is 46.8. The van der Waals surface area contributed by atoms with Gasteiger partial charge in [0, 0.05) is 68.6 Å². The number of pyridine rings is 6. The van der Waals surface area contributed by atoms with E-state index in [1.165, 1.54) is 23.8 Å². The van der Waals surface area contributed by atoms with Gasteiger partial charge in [0.25, 0.3) is 16.7 Å². The first-order valence-corrected chi connectivity index (χ1v) is 20.8. The Morgan fingerprint density at radius 2 is 1.16 bits per heavy atom. The summed E-state index contributed by atoms with van der Waals surface area (Å²) in [4.78, 5) is 73.5. The highest BCUT2D eigenvalue weighted by Gasteiger charge is 2.24. The number of hydrogen-bond donors (Lipinski definition) is 1. The second-order valence-electron chi connectivity index (χ2n) is 15.8. The number of alkyl carbamates (subject to hydrolysis) is 1. The van der Waals surface area contributed by atoms with Crippen LogP contribution in [0.3, 0.4) is 0 Å². The molecule has 0 atom stereocenters. The van der Waals surface area contributed by atoms with Crippen LogP contribution in [-0.2, 0) is 38.6 Å². The van der Waals surface area contributed by atoms with E-state index in [4.69, 9.17) is 28.4 Å². The first-order chi connectivity index (χ1) is 30.8. The lowest BCUT2D eigenvalue weighted by Gasteiger charge is -2.33. The minimum Gasteiger partial charge on any atom is -0.495 e. The van der Waals surface area contributed by atoms with Gasteiger partial charge in [-0.05, 0) is 51.8 Å². The van der Waals surface area contributed by atoms with Crippen LogP contribution in [0.4, 0.5) is 4.79 Å². The molecule has 2 saturated heterocycles. The molecule has 340 valence electrons. The average Bonchev–Trinajstić information content (AvgIpc) is 3.81. The van der Waals surface area contributed by atoms with Gasteiger partial charge in [-0.2, -0.15) is 0 Å². The van der Waals surface area contributed by atoms with Crippen LogP contribution in [-0.4, -0.2) is 118 Å². The van der Waals surface area contributed by atoms with Crippen molar-refractivity contribution in [3.05, 3.63) is 104 Å². The van der Waals surface area contributed by atoms with Crippen molar-refractivity contribution in [1.82, 2.24) is 38.9 Å². The zero-order valence-corrected chi connectivity index (χ0v) is 36.9. The molecule has 1 N–H and O–H groups in total. The Bertz CT molecular complexity index is 2730. The van der Waals surface area contributed by atoms with E-state index in [1.807, 2.05) is 26.8 Å². The third-order valence-electron chi connectivity index (χ3n) is 10.4. The molecule has 0 spiro atoms. The monoisotopic (exact) mass is 882 g/mol. The zero-order chi connectivity index (χ0) is 45.8. The molecule has 19 nitrogen and oxygen atoms in total. The molecule has 64 heavy (non-hydrogen) atoms. The summed E-state index contributed by atoms with van der Waals surface area (Å²) in [6.07, 6.45) is 6.50. The smallest absolute Gasteiger partial charge is 0.407 e. The molecule has 19 heteroatoms. The summed E-state index contributed by atoms with van der Waals surface area (Å²) in [5, 5.41) is 2.95. The number of ether oxygens (including phenoxy) is 6. The largest absolute Gasteiger partial charge is 0.495 e. The Morgan fingerprint density at radius 1 is 0.703 bits per heavy atom. The van der Waals surface area contributed by atoms with Crippen LogP contribution in [0.25, 0.3) is 33.1 Å². The molecule has 0 aliphatic carbocycles. The van der Waals surface area contributed by atoms with Gasteiger partial charge in [-0.25, -0.2) is 4.79 Å². The Morgan fingerprint density at radius 3 is 1.62 bits per heavy atom. The number of carbonyl (C=O) groups excluding carboxylic acids is 2. The van der Waals surface area contributed by atoms with Gasteiger partial charge in [0.05, 0.1) is 99.3 Å². The maximum Gasteiger partial charge on any atom is 0.407 e. The summed E-state index contributed by atoms with van der Waals surface area (Å²) in [6, 6.07) is 15.0. The van der Waals surface area contributed by atoms with Crippen molar-refractivity contribution in [3.8, 4) is 17.2 Å². The predicted octanol–water partition coefficient (Wildman–Crippen LogP) is 3.78. The summed E-state index contributed by atoms with van der Waals surface area (Å²) in [5.74, 6) is 1.80. The quantitative estimate of drug-likeness (QED) is 0.184. The second-order valence-corrected chi connectivity index (χ2v) is 15.8. The number of likely N-dealkylation sites (tertiary alicyclic amines) is 1. The minimum atomic E-state index is -0.492. The molecule has 0 unspecified atom stereocenters. The molecule has 2 fully saturated rings. The number of nitrogens with zero attached hydrogens (tertiary/aromatic N) is 7. The van der Waals surface area contributed by atoms with E-state index in [0.717, 1.165) is 49.0 Å². The van der Waals surface area contributed by atoms with Gasteiger partial charge in [-0.1, -0.05) is 0 Å². The maximum absolute atomic E-state index is 12.4. The zero-order valence-electron chi connectivity index (χ0n) is 36.9. The molecule has 0 bridgehead atoms. The van der Waals surface area contributed by atoms with Crippen molar-refractivity contribution in [2.45, 2.75) is 71.2 Å². The van der Waals surface area contributed by atoms with E-state index >= 15 is 0 Å². The van der Waals surface area contributed by atoms with Crippen molar-refractivity contribution in [2.24, 2.45) is 0 Å². The maximum atomic E-state index is 12.4. The van der Waals surface area contributed by atoms with Gasteiger partial charge in [0.2, 0.25) is 0 Å². The number of carbonyl (C=O) groups is 2. The van der Waals surface area contributed by atoms with Crippen LogP contribution in [0.15, 0.2) is 87.6 Å². The molecular formula is C45H54N8O11. The van der Waals surface area contributed by atoms with Crippen LogP contribution in [0.2, 0.25) is 0 Å². The van der Waals surface area contributed by atoms with Crippen molar-refractivity contribution >= 4 is 45.5 Å².